The highest BCUT2D eigenvalue weighted by Gasteiger charge is 2.49. The van der Waals surface area contributed by atoms with Crippen molar-refractivity contribution in [1.82, 2.24) is 0 Å². The molecule has 30 heavy (non-hydrogen) atoms. The highest BCUT2D eigenvalue weighted by Crippen LogP contribution is 2.30. The minimum atomic E-state index is -0.778. The Bertz CT molecular complexity index is 440. The molecule has 0 amide bonds. The number of hydrogen-bond acceptors (Lipinski definition) is 10. The van der Waals surface area contributed by atoms with Crippen LogP contribution in [-0.2, 0) is 47.4 Å². The van der Waals surface area contributed by atoms with Crippen LogP contribution in [0.25, 0.3) is 0 Å². The molecule has 0 bridgehead atoms. The molecule has 180 valence electrons. The predicted octanol–water partition coefficient (Wildman–Crippen LogP) is 0.499. The van der Waals surface area contributed by atoms with Crippen molar-refractivity contribution in [3.63, 3.8) is 0 Å². The average molecular weight is 441 g/mol. The van der Waals surface area contributed by atoms with Crippen LogP contribution in [0.15, 0.2) is 0 Å². The topological polar surface area (TPSA) is 92.3 Å². The molecule has 0 spiro atoms. The number of ether oxygens (including phenoxy) is 10. The lowest BCUT2D eigenvalue weighted by Gasteiger charge is -2.46. The van der Waals surface area contributed by atoms with Gasteiger partial charge in [0.05, 0.1) is 19.3 Å². The second-order valence-electron chi connectivity index (χ2n) is 7.07. The lowest BCUT2D eigenvalue weighted by molar-refractivity contribution is -0.333. The van der Waals surface area contributed by atoms with Gasteiger partial charge in [-0.05, 0) is 6.92 Å². The monoisotopic (exact) mass is 440 g/mol. The first-order chi connectivity index (χ1) is 14.5. The van der Waals surface area contributed by atoms with E-state index in [0.29, 0.717) is 6.61 Å². The van der Waals surface area contributed by atoms with Gasteiger partial charge in [-0.15, -0.1) is 0 Å². The van der Waals surface area contributed by atoms with Crippen molar-refractivity contribution in [2.75, 3.05) is 70.1 Å². The molecule has 0 radical (unpaired) electrons. The normalized spacial score (nSPS) is 31.3. The molecule has 9 atom stereocenters. The first kappa shape index (κ1) is 27.6. The maximum Gasteiger partial charge on any atom is 0.187 e. The molecule has 1 aliphatic rings. The van der Waals surface area contributed by atoms with E-state index in [0.717, 1.165) is 0 Å². The second kappa shape index (κ2) is 14.6. The van der Waals surface area contributed by atoms with Crippen LogP contribution in [0.3, 0.4) is 0 Å². The van der Waals surface area contributed by atoms with Crippen LogP contribution in [0.2, 0.25) is 0 Å². The quantitative estimate of drug-likeness (QED) is 0.358. The summed E-state index contributed by atoms with van der Waals surface area (Å²) in [6.45, 7) is 2.45. The van der Waals surface area contributed by atoms with Gasteiger partial charge in [0.15, 0.2) is 6.29 Å². The highest BCUT2D eigenvalue weighted by atomic mass is 16.7. The van der Waals surface area contributed by atoms with Gasteiger partial charge in [-0.2, -0.15) is 0 Å². The molecule has 0 aromatic carbocycles. The van der Waals surface area contributed by atoms with E-state index < -0.39 is 42.9 Å². The Hall–Kier alpha value is -0.400. The average Bonchev–Trinajstić information content (AvgIpc) is 2.76. The maximum absolute atomic E-state index is 6.34. The summed E-state index contributed by atoms with van der Waals surface area (Å²) >= 11 is 0. The third kappa shape index (κ3) is 6.80. The van der Waals surface area contributed by atoms with Crippen LogP contribution in [0.5, 0.6) is 0 Å². The van der Waals surface area contributed by atoms with Crippen molar-refractivity contribution in [1.29, 1.82) is 0 Å². The molecule has 0 unspecified atom stereocenters. The van der Waals surface area contributed by atoms with Crippen molar-refractivity contribution in [2.45, 2.75) is 62.0 Å². The summed E-state index contributed by atoms with van der Waals surface area (Å²) < 4.78 is 57.0. The zero-order valence-electron chi connectivity index (χ0n) is 19.7. The molecular weight excluding hydrogens is 400 g/mol. The van der Waals surface area contributed by atoms with E-state index in [1.165, 1.54) is 0 Å². The Morgan fingerprint density at radius 1 is 0.700 bits per heavy atom. The molecule has 1 aliphatic heterocycles. The summed E-state index contributed by atoms with van der Waals surface area (Å²) in [7, 11) is 12.8. The van der Waals surface area contributed by atoms with Crippen molar-refractivity contribution in [2.24, 2.45) is 0 Å². The van der Waals surface area contributed by atoms with Crippen molar-refractivity contribution in [3.05, 3.63) is 0 Å². The molecule has 10 heteroatoms. The smallest absolute Gasteiger partial charge is 0.187 e. The second-order valence-corrected chi connectivity index (χ2v) is 7.07. The number of rotatable bonds is 15. The lowest BCUT2D eigenvalue weighted by Crippen LogP contribution is -2.62. The Labute approximate surface area is 180 Å². The Balaban J connectivity index is 3.15. The molecule has 0 saturated carbocycles. The van der Waals surface area contributed by atoms with E-state index in [2.05, 4.69) is 0 Å². The number of hydrogen-bond donors (Lipinski definition) is 0. The SMILES string of the molecule is COC[C@H](O[C@H]1O[C@H](COC)[C@H](OC)[C@H](OC)[C@H]1OC)[C@H](OC)[C@@H](OC)[C@H](C)OC. The zero-order valence-corrected chi connectivity index (χ0v) is 19.7. The third-order valence-electron chi connectivity index (χ3n) is 5.45. The van der Waals surface area contributed by atoms with E-state index in [4.69, 9.17) is 47.4 Å². The van der Waals surface area contributed by atoms with Gasteiger partial charge in [-0.1, -0.05) is 0 Å². The molecule has 0 aromatic rings. The Kier molecular flexibility index (Phi) is 13.5. The van der Waals surface area contributed by atoms with Gasteiger partial charge >= 0.3 is 0 Å². The minimum Gasteiger partial charge on any atom is -0.382 e. The van der Waals surface area contributed by atoms with Gasteiger partial charge in [-0.25, -0.2) is 0 Å². The summed E-state index contributed by atoms with van der Waals surface area (Å²) in [4.78, 5) is 0. The van der Waals surface area contributed by atoms with Gasteiger partial charge < -0.3 is 47.4 Å². The van der Waals surface area contributed by atoms with Crippen molar-refractivity contribution < 1.29 is 47.4 Å². The summed E-state index contributed by atoms with van der Waals surface area (Å²) in [6, 6.07) is 0. The van der Waals surface area contributed by atoms with E-state index in [-0.39, 0.29) is 18.8 Å². The first-order valence-corrected chi connectivity index (χ1v) is 9.93. The summed E-state index contributed by atoms with van der Waals surface area (Å²) in [5.41, 5.74) is 0. The molecule has 1 fully saturated rings. The van der Waals surface area contributed by atoms with Crippen molar-refractivity contribution >= 4 is 0 Å². The van der Waals surface area contributed by atoms with Crippen LogP contribution in [0.1, 0.15) is 6.92 Å². The van der Waals surface area contributed by atoms with E-state index in [1.807, 2.05) is 6.92 Å². The third-order valence-corrected chi connectivity index (χ3v) is 5.45. The lowest BCUT2D eigenvalue weighted by atomic mass is 9.98. The van der Waals surface area contributed by atoms with Crippen LogP contribution >= 0.6 is 0 Å². The summed E-state index contributed by atoms with van der Waals surface area (Å²) in [6.07, 6.45) is -4.23. The largest absolute Gasteiger partial charge is 0.382 e. The maximum atomic E-state index is 6.34. The molecule has 1 rings (SSSR count). The fourth-order valence-corrected chi connectivity index (χ4v) is 3.86. The minimum absolute atomic E-state index is 0.237. The number of methoxy groups -OCH3 is 8. The highest BCUT2D eigenvalue weighted by molar-refractivity contribution is 4.93. The predicted molar refractivity (Wildman–Crippen MR) is 108 cm³/mol. The van der Waals surface area contributed by atoms with E-state index in [1.54, 1.807) is 56.9 Å². The van der Waals surface area contributed by atoms with Gasteiger partial charge in [0.1, 0.15) is 42.7 Å². The zero-order chi connectivity index (χ0) is 22.7. The van der Waals surface area contributed by atoms with Crippen LogP contribution < -0.4 is 0 Å². The fraction of sp³-hybridized carbons (Fsp3) is 1.00. The fourth-order valence-electron chi connectivity index (χ4n) is 3.86. The van der Waals surface area contributed by atoms with Gasteiger partial charge in [0, 0.05) is 56.9 Å². The van der Waals surface area contributed by atoms with Crippen LogP contribution in [0.4, 0.5) is 0 Å². The van der Waals surface area contributed by atoms with Gasteiger partial charge in [-0.3, -0.25) is 0 Å². The Morgan fingerprint density at radius 3 is 1.73 bits per heavy atom. The Morgan fingerprint density at radius 2 is 1.30 bits per heavy atom. The molecule has 0 N–H and O–H groups in total. The molecule has 10 nitrogen and oxygen atoms in total. The molecular formula is C20H40O10. The van der Waals surface area contributed by atoms with E-state index in [9.17, 15) is 0 Å². The standard InChI is InChI=1S/C20H40O10/c1-12(23-4)15(24-5)16(25-6)13(10-21-2)29-20-19(28-9)18(27-8)17(26-7)14(30-20)11-22-3/h12-20H,10-11H2,1-9H3/t12-,13-,14+,15-,16-,17-,18-,19+,20-/m0/s1. The van der Waals surface area contributed by atoms with Crippen LogP contribution in [0, 0.1) is 0 Å². The summed E-state index contributed by atoms with van der Waals surface area (Å²) in [5, 5.41) is 0. The molecule has 0 aromatic heterocycles. The van der Waals surface area contributed by atoms with Gasteiger partial charge in [0.2, 0.25) is 0 Å². The van der Waals surface area contributed by atoms with E-state index >= 15 is 0 Å². The molecule has 1 heterocycles. The molecule has 0 aliphatic carbocycles. The first-order valence-electron chi connectivity index (χ1n) is 9.93. The summed E-state index contributed by atoms with van der Waals surface area (Å²) in [5.74, 6) is 0. The van der Waals surface area contributed by atoms with Crippen LogP contribution in [-0.4, -0.2) is 125 Å². The molecule has 1 saturated heterocycles. The van der Waals surface area contributed by atoms with Crippen molar-refractivity contribution in [3.8, 4) is 0 Å². The van der Waals surface area contributed by atoms with Gasteiger partial charge in [0.25, 0.3) is 0 Å².